The van der Waals surface area contributed by atoms with E-state index in [-0.39, 0.29) is 28.7 Å². The summed E-state index contributed by atoms with van der Waals surface area (Å²) in [4.78, 5) is 25.3. The number of amides is 1. The average molecular weight is 434 g/mol. The third-order valence-corrected chi connectivity index (χ3v) is 6.87. The Hall–Kier alpha value is -2.35. The number of thiophene rings is 1. The van der Waals surface area contributed by atoms with Crippen LogP contribution in [0.1, 0.15) is 15.9 Å². The molecule has 2 heterocycles. The van der Waals surface area contributed by atoms with Gasteiger partial charge < -0.3 is 10.4 Å². The van der Waals surface area contributed by atoms with Crippen LogP contribution in [0, 0.1) is 5.82 Å². The second kappa shape index (κ2) is 7.58. The molecule has 0 fully saturated rings. The van der Waals surface area contributed by atoms with Gasteiger partial charge in [0.05, 0.1) is 5.25 Å². The molecular weight excluding hydrogens is 421 g/mol. The number of carbonyl (C=O) groups is 2. The first-order valence-corrected chi connectivity index (χ1v) is 10.4. The van der Waals surface area contributed by atoms with Crippen molar-refractivity contribution in [3.05, 3.63) is 69.8 Å². The highest BCUT2D eigenvalue weighted by Gasteiger charge is 2.31. The zero-order valence-electron chi connectivity index (χ0n) is 14.2. The molecule has 1 atom stereocenters. The zero-order valence-corrected chi connectivity index (χ0v) is 16.6. The number of fused-ring (bicyclic) bond motifs is 1. The normalized spacial score (nSPS) is 15.3. The van der Waals surface area contributed by atoms with E-state index in [1.54, 1.807) is 41.8 Å². The third kappa shape index (κ3) is 3.53. The number of halogens is 2. The van der Waals surface area contributed by atoms with Crippen LogP contribution in [-0.4, -0.2) is 22.2 Å². The predicted octanol–water partition coefficient (Wildman–Crippen LogP) is 5.56. The number of carboxylic acids is 1. The van der Waals surface area contributed by atoms with E-state index < -0.39 is 11.2 Å². The van der Waals surface area contributed by atoms with Crippen molar-refractivity contribution in [3.8, 4) is 11.1 Å². The number of anilines is 1. The molecule has 28 heavy (non-hydrogen) atoms. The minimum Gasteiger partial charge on any atom is -0.478 e. The lowest BCUT2D eigenvalue weighted by atomic mass is 10.0. The van der Waals surface area contributed by atoms with Gasteiger partial charge in [-0.2, -0.15) is 0 Å². The molecule has 3 aromatic rings. The van der Waals surface area contributed by atoms with Crippen molar-refractivity contribution < 1.29 is 19.1 Å². The van der Waals surface area contributed by atoms with Gasteiger partial charge in [-0.3, -0.25) is 4.79 Å². The molecule has 0 saturated heterocycles. The Morgan fingerprint density at radius 2 is 1.93 bits per heavy atom. The monoisotopic (exact) mass is 433 g/mol. The Labute approximate surface area is 173 Å². The minimum absolute atomic E-state index is 0.0346. The van der Waals surface area contributed by atoms with Crippen LogP contribution in [0.15, 0.2) is 52.7 Å². The number of rotatable bonds is 4. The van der Waals surface area contributed by atoms with Gasteiger partial charge in [-0.1, -0.05) is 29.8 Å². The molecule has 1 aliphatic heterocycles. The van der Waals surface area contributed by atoms with E-state index in [2.05, 4.69) is 5.32 Å². The van der Waals surface area contributed by atoms with Crippen LogP contribution in [0.3, 0.4) is 0 Å². The Morgan fingerprint density at radius 1 is 1.18 bits per heavy atom. The molecule has 0 radical (unpaired) electrons. The predicted molar refractivity (Wildman–Crippen MR) is 110 cm³/mol. The van der Waals surface area contributed by atoms with Gasteiger partial charge in [0, 0.05) is 26.4 Å². The van der Waals surface area contributed by atoms with Gasteiger partial charge in [0.15, 0.2) is 0 Å². The summed E-state index contributed by atoms with van der Waals surface area (Å²) in [5.41, 5.74) is 1.77. The zero-order chi connectivity index (χ0) is 19.8. The summed E-state index contributed by atoms with van der Waals surface area (Å²) < 4.78 is 13.9. The fourth-order valence-electron chi connectivity index (χ4n) is 3.07. The topological polar surface area (TPSA) is 66.4 Å². The summed E-state index contributed by atoms with van der Waals surface area (Å²) in [6.45, 7) is 0. The van der Waals surface area contributed by atoms with Crippen molar-refractivity contribution >= 4 is 51.6 Å². The molecule has 1 unspecified atom stereocenters. The number of carboxylic acid groups (broad SMARTS) is 1. The standard InChI is InChI=1S/C20H13ClFNO3S2/c21-11-6-4-10(5-7-11)13-9-27-19(17(13)20(25)26)23-18(24)16-8-12-14(22)2-1-3-15(12)28-16/h1-7,9,16H,8H2,(H,23,24)(H,25,26). The van der Waals surface area contributed by atoms with Crippen LogP contribution in [0.5, 0.6) is 0 Å². The molecule has 4 nitrogen and oxygen atoms in total. The summed E-state index contributed by atoms with van der Waals surface area (Å²) >= 11 is 8.33. The molecule has 8 heteroatoms. The number of aromatic carboxylic acids is 1. The van der Waals surface area contributed by atoms with Crippen molar-refractivity contribution in [2.24, 2.45) is 0 Å². The molecule has 2 N–H and O–H groups in total. The van der Waals surface area contributed by atoms with Crippen molar-refractivity contribution in [3.63, 3.8) is 0 Å². The van der Waals surface area contributed by atoms with Crippen molar-refractivity contribution in [1.82, 2.24) is 0 Å². The number of thioether (sulfide) groups is 1. The number of carbonyl (C=O) groups excluding carboxylic acids is 1. The highest BCUT2D eigenvalue weighted by molar-refractivity contribution is 8.01. The Kier molecular flexibility index (Phi) is 5.14. The van der Waals surface area contributed by atoms with E-state index in [1.165, 1.54) is 17.8 Å². The smallest absolute Gasteiger partial charge is 0.339 e. The minimum atomic E-state index is -1.13. The molecule has 0 saturated carbocycles. The van der Waals surface area contributed by atoms with Gasteiger partial charge in [0.25, 0.3) is 0 Å². The summed E-state index contributed by atoms with van der Waals surface area (Å²) in [5, 5.41) is 14.4. The Balaban J connectivity index is 1.59. The van der Waals surface area contributed by atoms with Crippen molar-refractivity contribution in [2.45, 2.75) is 16.6 Å². The number of benzene rings is 2. The van der Waals surface area contributed by atoms with Gasteiger partial charge in [0.2, 0.25) is 5.91 Å². The highest BCUT2D eigenvalue weighted by Crippen LogP contribution is 2.40. The molecule has 0 bridgehead atoms. The van der Waals surface area contributed by atoms with Gasteiger partial charge in [-0.15, -0.1) is 23.1 Å². The summed E-state index contributed by atoms with van der Waals surface area (Å²) in [5.74, 6) is -1.80. The molecule has 1 amide bonds. The van der Waals surface area contributed by atoms with Crippen LogP contribution >= 0.6 is 34.7 Å². The molecular formula is C20H13ClFNO3S2. The molecule has 1 aliphatic rings. The average Bonchev–Trinajstić information content (AvgIpc) is 3.27. The molecule has 4 rings (SSSR count). The van der Waals surface area contributed by atoms with Crippen LogP contribution in [-0.2, 0) is 11.2 Å². The highest BCUT2D eigenvalue weighted by atomic mass is 35.5. The van der Waals surface area contributed by atoms with Crippen molar-refractivity contribution in [1.29, 1.82) is 0 Å². The largest absolute Gasteiger partial charge is 0.478 e. The lowest BCUT2D eigenvalue weighted by molar-refractivity contribution is -0.115. The van der Waals surface area contributed by atoms with E-state index in [9.17, 15) is 19.1 Å². The summed E-state index contributed by atoms with van der Waals surface area (Å²) in [7, 11) is 0. The molecule has 0 spiro atoms. The number of nitrogens with one attached hydrogen (secondary N) is 1. The lowest BCUT2D eigenvalue weighted by Gasteiger charge is -2.10. The maximum Gasteiger partial charge on any atom is 0.339 e. The van der Waals surface area contributed by atoms with E-state index in [4.69, 9.17) is 11.6 Å². The van der Waals surface area contributed by atoms with E-state index >= 15 is 0 Å². The maximum absolute atomic E-state index is 13.9. The van der Waals surface area contributed by atoms with Crippen LogP contribution in [0.2, 0.25) is 5.02 Å². The van der Waals surface area contributed by atoms with Gasteiger partial charge in [0.1, 0.15) is 16.4 Å². The summed E-state index contributed by atoms with van der Waals surface area (Å²) in [6.07, 6.45) is 0.274. The molecule has 1 aromatic heterocycles. The Bertz CT molecular complexity index is 1080. The molecule has 0 aliphatic carbocycles. The quantitative estimate of drug-likeness (QED) is 0.565. The first-order valence-electron chi connectivity index (χ1n) is 8.29. The SMILES string of the molecule is O=C(O)c1c(-c2ccc(Cl)cc2)csc1NC(=O)C1Cc2c(F)cccc2S1. The van der Waals surface area contributed by atoms with Gasteiger partial charge in [-0.05, 0) is 36.2 Å². The first kappa shape index (κ1) is 19.0. The second-order valence-electron chi connectivity index (χ2n) is 6.18. The number of hydrogen-bond acceptors (Lipinski definition) is 4. The maximum atomic E-state index is 13.9. The lowest BCUT2D eigenvalue weighted by Crippen LogP contribution is -2.25. The summed E-state index contributed by atoms with van der Waals surface area (Å²) in [6, 6.07) is 11.6. The van der Waals surface area contributed by atoms with Gasteiger partial charge >= 0.3 is 5.97 Å². The Morgan fingerprint density at radius 3 is 2.61 bits per heavy atom. The van der Waals surface area contributed by atoms with E-state index in [0.717, 1.165) is 16.2 Å². The first-order chi connectivity index (χ1) is 13.4. The van der Waals surface area contributed by atoms with E-state index in [1.807, 2.05) is 0 Å². The fourth-order valence-corrected chi connectivity index (χ4v) is 5.36. The second-order valence-corrected chi connectivity index (χ2v) is 8.74. The third-order valence-electron chi connectivity index (χ3n) is 4.42. The van der Waals surface area contributed by atoms with Crippen LogP contribution < -0.4 is 5.32 Å². The van der Waals surface area contributed by atoms with Crippen molar-refractivity contribution in [2.75, 3.05) is 5.32 Å². The fraction of sp³-hybridized carbons (Fsp3) is 0.100. The van der Waals surface area contributed by atoms with Crippen LogP contribution in [0.4, 0.5) is 9.39 Å². The number of hydrogen-bond donors (Lipinski definition) is 2. The molecule has 2 aromatic carbocycles. The van der Waals surface area contributed by atoms with E-state index in [0.29, 0.717) is 21.7 Å². The van der Waals surface area contributed by atoms with Gasteiger partial charge in [-0.25, -0.2) is 9.18 Å². The van der Waals surface area contributed by atoms with Crippen LogP contribution in [0.25, 0.3) is 11.1 Å². The molecule has 142 valence electrons.